The molecule has 1 aromatic heterocycles. The van der Waals surface area contributed by atoms with Crippen LogP contribution in [0.3, 0.4) is 0 Å². The van der Waals surface area contributed by atoms with E-state index in [1.807, 2.05) is 0 Å². The Morgan fingerprint density at radius 2 is 1.72 bits per heavy atom. The van der Waals surface area contributed by atoms with Gasteiger partial charge >= 0.3 is 0 Å². The van der Waals surface area contributed by atoms with E-state index in [1.54, 1.807) is 17.5 Å². The van der Waals surface area contributed by atoms with E-state index in [9.17, 15) is 18.0 Å². The lowest BCUT2D eigenvalue weighted by molar-refractivity contribution is -0.115. The molecule has 0 aliphatic rings. The van der Waals surface area contributed by atoms with E-state index in [-0.39, 0.29) is 17.9 Å². The lowest BCUT2D eigenvalue weighted by Gasteiger charge is -2.04. The van der Waals surface area contributed by atoms with Crippen LogP contribution in [0.25, 0.3) is 0 Å². The van der Waals surface area contributed by atoms with Gasteiger partial charge < -0.3 is 10.6 Å². The summed E-state index contributed by atoms with van der Waals surface area (Å²) in [5.74, 6) is -2.74. The van der Waals surface area contributed by atoms with Crippen LogP contribution in [-0.4, -0.2) is 10.9 Å². The number of nitrogens with one attached hydrogen (secondary N) is 2. The van der Waals surface area contributed by atoms with E-state index < -0.39 is 17.5 Å². The van der Waals surface area contributed by atoms with Gasteiger partial charge in [-0.3, -0.25) is 4.79 Å². The topological polar surface area (TPSA) is 54.0 Å². The first-order valence-electron chi connectivity index (χ1n) is 7.21. The predicted molar refractivity (Wildman–Crippen MR) is 90.5 cm³/mol. The molecule has 25 heavy (non-hydrogen) atoms. The summed E-state index contributed by atoms with van der Waals surface area (Å²) >= 11 is 1.30. The quantitative estimate of drug-likeness (QED) is 0.702. The van der Waals surface area contributed by atoms with Gasteiger partial charge in [0.05, 0.1) is 12.1 Å². The van der Waals surface area contributed by atoms with Crippen LogP contribution in [0.2, 0.25) is 0 Å². The van der Waals surface area contributed by atoms with E-state index in [4.69, 9.17) is 0 Å². The molecule has 2 N–H and O–H groups in total. The monoisotopic (exact) mass is 363 g/mol. The number of benzene rings is 2. The Morgan fingerprint density at radius 1 is 1.00 bits per heavy atom. The van der Waals surface area contributed by atoms with Gasteiger partial charge in [0.15, 0.2) is 16.8 Å². The highest BCUT2D eigenvalue weighted by Crippen LogP contribution is 2.21. The standard InChI is InChI=1S/C17H12F3N3OS/c18-10-1-3-11(4-2-10)22-17-23-13(9-25-17)8-16(24)21-12-5-6-14(19)15(20)7-12/h1-7,9H,8H2,(H,21,24)(H,22,23). The Bertz CT molecular complexity index is 896. The fraction of sp³-hybridized carbons (Fsp3) is 0.0588. The molecule has 0 saturated carbocycles. The van der Waals surface area contributed by atoms with Gasteiger partial charge in [0, 0.05) is 22.8 Å². The molecule has 0 saturated heterocycles. The molecule has 128 valence electrons. The number of halogens is 3. The number of rotatable bonds is 5. The predicted octanol–water partition coefficient (Wildman–Crippen LogP) is 4.49. The Kier molecular flexibility index (Phi) is 4.99. The maximum Gasteiger partial charge on any atom is 0.230 e. The molecule has 0 fully saturated rings. The molecule has 0 spiro atoms. The van der Waals surface area contributed by atoms with Gasteiger partial charge in [-0.05, 0) is 36.4 Å². The van der Waals surface area contributed by atoms with E-state index in [1.165, 1.54) is 29.5 Å². The van der Waals surface area contributed by atoms with Gasteiger partial charge in [-0.1, -0.05) is 0 Å². The van der Waals surface area contributed by atoms with Gasteiger partial charge in [0.1, 0.15) is 5.82 Å². The fourth-order valence-electron chi connectivity index (χ4n) is 2.05. The van der Waals surface area contributed by atoms with Crippen molar-refractivity contribution >= 4 is 33.8 Å². The first kappa shape index (κ1) is 17.0. The summed E-state index contributed by atoms with van der Waals surface area (Å²) < 4.78 is 38.9. The van der Waals surface area contributed by atoms with Crippen LogP contribution in [-0.2, 0) is 11.2 Å². The highest BCUT2D eigenvalue weighted by atomic mass is 32.1. The normalized spacial score (nSPS) is 10.5. The largest absolute Gasteiger partial charge is 0.332 e. The van der Waals surface area contributed by atoms with Crippen molar-refractivity contribution in [3.63, 3.8) is 0 Å². The minimum absolute atomic E-state index is 0.0133. The Labute approximate surface area is 145 Å². The molecule has 0 atom stereocenters. The summed E-state index contributed by atoms with van der Waals surface area (Å²) in [6.07, 6.45) is -0.0133. The van der Waals surface area contributed by atoms with E-state index in [0.29, 0.717) is 16.5 Å². The third-order valence-corrected chi connectivity index (χ3v) is 4.00. The Hall–Kier alpha value is -2.87. The van der Waals surface area contributed by atoms with Crippen LogP contribution >= 0.6 is 11.3 Å². The molecule has 2 aromatic carbocycles. The van der Waals surface area contributed by atoms with Crippen LogP contribution in [0.5, 0.6) is 0 Å². The zero-order valence-corrected chi connectivity index (χ0v) is 13.5. The number of anilines is 3. The van der Waals surface area contributed by atoms with Gasteiger partial charge in [-0.25, -0.2) is 18.2 Å². The number of hydrogen-bond donors (Lipinski definition) is 2. The number of hydrogen-bond acceptors (Lipinski definition) is 4. The first-order valence-corrected chi connectivity index (χ1v) is 8.09. The van der Waals surface area contributed by atoms with Crippen LogP contribution in [0.4, 0.5) is 29.7 Å². The summed E-state index contributed by atoms with van der Waals surface area (Å²) in [4.78, 5) is 16.2. The molecule has 1 amide bonds. The summed E-state index contributed by atoms with van der Waals surface area (Å²) in [5, 5.41) is 7.75. The minimum Gasteiger partial charge on any atom is -0.332 e. The molecule has 0 radical (unpaired) electrons. The third-order valence-electron chi connectivity index (χ3n) is 3.19. The second-order valence-electron chi connectivity index (χ2n) is 5.13. The molecule has 0 aliphatic heterocycles. The second-order valence-corrected chi connectivity index (χ2v) is 5.99. The zero-order valence-electron chi connectivity index (χ0n) is 12.7. The van der Waals surface area contributed by atoms with Gasteiger partial charge in [0.2, 0.25) is 5.91 Å². The van der Waals surface area contributed by atoms with Crippen LogP contribution in [0.1, 0.15) is 5.69 Å². The number of nitrogens with zero attached hydrogens (tertiary/aromatic N) is 1. The summed E-state index contributed by atoms with van der Waals surface area (Å²) in [7, 11) is 0. The van der Waals surface area contributed by atoms with E-state index in [2.05, 4.69) is 15.6 Å². The number of amides is 1. The van der Waals surface area contributed by atoms with Gasteiger partial charge in [-0.15, -0.1) is 11.3 Å². The van der Waals surface area contributed by atoms with E-state index in [0.717, 1.165) is 12.1 Å². The lowest BCUT2D eigenvalue weighted by atomic mass is 10.2. The molecule has 3 aromatic rings. The number of aromatic nitrogens is 1. The number of thiazole rings is 1. The molecule has 3 rings (SSSR count). The maximum absolute atomic E-state index is 13.1. The highest BCUT2D eigenvalue weighted by molar-refractivity contribution is 7.13. The third kappa shape index (κ3) is 4.57. The maximum atomic E-state index is 13.1. The summed E-state index contributed by atoms with van der Waals surface area (Å²) in [5.41, 5.74) is 1.37. The fourth-order valence-corrected chi connectivity index (χ4v) is 2.78. The number of carbonyl (C=O) groups is 1. The average molecular weight is 363 g/mol. The second kappa shape index (κ2) is 7.35. The Morgan fingerprint density at radius 3 is 2.44 bits per heavy atom. The SMILES string of the molecule is O=C(Cc1csc(Nc2ccc(F)cc2)n1)Nc1ccc(F)c(F)c1. The van der Waals surface area contributed by atoms with Gasteiger partial charge in [-0.2, -0.15) is 0 Å². The molecule has 4 nitrogen and oxygen atoms in total. The van der Waals surface area contributed by atoms with Crippen molar-refractivity contribution in [3.05, 3.63) is 71.0 Å². The van der Waals surface area contributed by atoms with Crippen LogP contribution in [0.15, 0.2) is 47.8 Å². The van der Waals surface area contributed by atoms with Crippen molar-refractivity contribution in [2.24, 2.45) is 0 Å². The van der Waals surface area contributed by atoms with Crippen molar-refractivity contribution in [1.29, 1.82) is 0 Å². The molecule has 0 unspecified atom stereocenters. The van der Waals surface area contributed by atoms with Crippen molar-refractivity contribution in [1.82, 2.24) is 4.98 Å². The molecule has 8 heteroatoms. The lowest BCUT2D eigenvalue weighted by Crippen LogP contribution is -2.14. The first-order chi connectivity index (χ1) is 12.0. The van der Waals surface area contributed by atoms with Crippen molar-refractivity contribution in [2.75, 3.05) is 10.6 Å². The van der Waals surface area contributed by atoms with Crippen LogP contribution in [0, 0.1) is 17.5 Å². The van der Waals surface area contributed by atoms with Gasteiger partial charge in [0.25, 0.3) is 0 Å². The minimum atomic E-state index is -1.03. The molecular weight excluding hydrogens is 351 g/mol. The molecule has 0 aliphatic carbocycles. The summed E-state index contributed by atoms with van der Waals surface area (Å²) in [6.45, 7) is 0. The number of carbonyl (C=O) groups excluding carboxylic acids is 1. The van der Waals surface area contributed by atoms with Crippen LogP contribution < -0.4 is 10.6 Å². The molecule has 0 bridgehead atoms. The van der Waals surface area contributed by atoms with E-state index >= 15 is 0 Å². The summed E-state index contributed by atoms with van der Waals surface area (Å²) in [6, 6.07) is 8.93. The molecular formula is C17H12F3N3OS. The van der Waals surface area contributed by atoms with Crippen molar-refractivity contribution in [2.45, 2.75) is 6.42 Å². The zero-order chi connectivity index (χ0) is 17.8. The Balaban J connectivity index is 1.59. The highest BCUT2D eigenvalue weighted by Gasteiger charge is 2.10. The smallest absolute Gasteiger partial charge is 0.230 e. The molecule has 1 heterocycles. The average Bonchev–Trinajstić information content (AvgIpc) is 3.00. The van der Waals surface area contributed by atoms with Crippen molar-refractivity contribution in [3.8, 4) is 0 Å². The van der Waals surface area contributed by atoms with Crippen molar-refractivity contribution < 1.29 is 18.0 Å².